The van der Waals surface area contributed by atoms with E-state index in [0.717, 1.165) is 24.0 Å². The molecule has 1 aliphatic carbocycles. The van der Waals surface area contributed by atoms with E-state index in [9.17, 15) is 9.90 Å². The third-order valence-corrected chi connectivity index (χ3v) is 6.35. The molecule has 2 aromatic rings. The predicted octanol–water partition coefficient (Wildman–Crippen LogP) is 3.58. The fourth-order valence-electron chi connectivity index (χ4n) is 4.19. The van der Waals surface area contributed by atoms with Crippen LogP contribution in [0.2, 0.25) is 0 Å². The lowest BCUT2D eigenvalue weighted by Crippen LogP contribution is -2.42. The number of carbonyl (C=O) groups is 1. The maximum atomic E-state index is 12.8. The smallest absolute Gasteiger partial charge is 0.224 e. The van der Waals surface area contributed by atoms with Gasteiger partial charge in [-0.25, -0.2) is 0 Å². The highest BCUT2D eigenvalue weighted by molar-refractivity contribution is 5.84. The molecular weight excluding hydrogens is 348 g/mol. The summed E-state index contributed by atoms with van der Waals surface area (Å²) >= 11 is 0. The van der Waals surface area contributed by atoms with E-state index in [4.69, 9.17) is 0 Å². The summed E-state index contributed by atoms with van der Waals surface area (Å²) in [4.78, 5) is 15.0. The monoisotopic (exact) mass is 380 g/mol. The molecule has 1 saturated carbocycles. The van der Waals surface area contributed by atoms with Crippen molar-refractivity contribution < 1.29 is 9.90 Å². The maximum Gasteiger partial charge on any atom is 0.224 e. The minimum atomic E-state index is -0.0386. The lowest BCUT2D eigenvalue weighted by Gasteiger charge is -2.26. The Bertz CT molecular complexity index is 824. The zero-order valence-corrected chi connectivity index (χ0v) is 17.6. The van der Waals surface area contributed by atoms with Gasteiger partial charge in [-0.05, 0) is 75.2 Å². The molecule has 2 N–H and O–H groups in total. The number of likely N-dealkylation sites (N-methyl/N-ethyl adjacent to an activating group) is 1. The van der Waals surface area contributed by atoms with Gasteiger partial charge in [-0.2, -0.15) is 0 Å². The minimum absolute atomic E-state index is 0.0386. The highest BCUT2D eigenvalue weighted by Crippen LogP contribution is 2.53. The third kappa shape index (κ3) is 4.22. The van der Waals surface area contributed by atoms with E-state index in [0.29, 0.717) is 12.3 Å². The van der Waals surface area contributed by atoms with Crippen molar-refractivity contribution in [3.05, 3.63) is 64.7 Å². The first kappa shape index (κ1) is 20.4. The Hall–Kier alpha value is -2.33. The second-order valence-corrected chi connectivity index (χ2v) is 8.67. The number of phenols is 1. The van der Waals surface area contributed by atoms with Gasteiger partial charge in [0.1, 0.15) is 5.75 Å². The van der Waals surface area contributed by atoms with Crippen molar-refractivity contribution >= 4 is 5.91 Å². The van der Waals surface area contributed by atoms with Crippen molar-refractivity contribution in [1.82, 2.24) is 10.2 Å². The number of nitrogens with one attached hydrogen (secondary N) is 1. The van der Waals surface area contributed by atoms with Crippen molar-refractivity contribution in [2.45, 2.75) is 45.1 Å². The molecule has 0 unspecified atom stereocenters. The molecule has 28 heavy (non-hydrogen) atoms. The summed E-state index contributed by atoms with van der Waals surface area (Å²) in [5.74, 6) is 0.509. The van der Waals surface area contributed by atoms with Crippen LogP contribution in [0.5, 0.6) is 5.75 Å². The Morgan fingerprint density at radius 2 is 1.82 bits per heavy atom. The number of phenolic OH excluding ortho intramolecular Hbond substituents is 1. The van der Waals surface area contributed by atoms with Gasteiger partial charge in [-0.15, -0.1) is 0 Å². The van der Waals surface area contributed by atoms with Gasteiger partial charge in [0, 0.05) is 23.9 Å². The number of benzene rings is 2. The minimum Gasteiger partial charge on any atom is -0.508 e. The summed E-state index contributed by atoms with van der Waals surface area (Å²) in [5, 5.41) is 13.0. The normalized spacial score (nSPS) is 22.1. The van der Waals surface area contributed by atoms with E-state index in [2.05, 4.69) is 29.3 Å². The van der Waals surface area contributed by atoms with Crippen LogP contribution in [0, 0.1) is 19.8 Å². The van der Waals surface area contributed by atoms with E-state index in [1.54, 1.807) is 0 Å². The van der Waals surface area contributed by atoms with Gasteiger partial charge in [0.15, 0.2) is 0 Å². The molecule has 0 aromatic heterocycles. The zero-order chi connectivity index (χ0) is 20.5. The molecule has 2 aromatic carbocycles. The Labute approximate surface area is 168 Å². The molecule has 0 bridgehead atoms. The molecule has 4 nitrogen and oxygen atoms in total. The van der Waals surface area contributed by atoms with Crippen LogP contribution < -0.4 is 5.32 Å². The number of hydrogen-bond donors (Lipinski definition) is 2. The standard InChI is InChI=1S/C24H32N2O2/c1-16-11-20(27)12-17(2)21(16)13-19(26(4)5)15-25-23(28)22-14-24(22,3)18-9-7-6-8-10-18/h6-12,19,22,27H,13-15H2,1-5H3,(H,25,28)/t19-,22-,24+/m0/s1. The number of hydrogen-bond acceptors (Lipinski definition) is 3. The van der Waals surface area contributed by atoms with Gasteiger partial charge in [-0.1, -0.05) is 37.3 Å². The first-order chi connectivity index (χ1) is 13.2. The van der Waals surface area contributed by atoms with Crippen LogP contribution in [0.15, 0.2) is 42.5 Å². The van der Waals surface area contributed by atoms with Gasteiger partial charge in [-0.3, -0.25) is 4.79 Å². The van der Waals surface area contributed by atoms with E-state index < -0.39 is 0 Å². The fourth-order valence-corrected chi connectivity index (χ4v) is 4.19. The maximum absolute atomic E-state index is 12.8. The van der Waals surface area contributed by atoms with Crippen molar-refractivity contribution in [1.29, 1.82) is 0 Å². The van der Waals surface area contributed by atoms with Crippen molar-refractivity contribution in [2.24, 2.45) is 5.92 Å². The molecule has 0 heterocycles. The van der Waals surface area contributed by atoms with Gasteiger partial charge < -0.3 is 15.3 Å². The average molecular weight is 381 g/mol. The molecule has 0 saturated heterocycles. The van der Waals surface area contributed by atoms with Gasteiger partial charge in [0.05, 0.1) is 0 Å². The number of aryl methyl sites for hydroxylation is 2. The Morgan fingerprint density at radius 1 is 1.21 bits per heavy atom. The quantitative estimate of drug-likeness (QED) is 0.772. The first-order valence-electron chi connectivity index (χ1n) is 10.0. The topological polar surface area (TPSA) is 52.6 Å². The van der Waals surface area contributed by atoms with Crippen LogP contribution in [-0.4, -0.2) is 42.6 Å². The number of rotatable bonds is 7. The number of carbonyl (C=O) groups excluding carboxylic acids is 1. The molecule has 3 rings (SSSR count). The van der Waals surface area contributed by atoms with E-state index in [-0.39, 0.29) is 23.3 Å². The number of nitrogens with zero attached hydrogens (tertiary/aromatic N) is 1. The summed E-state index contributed by atoms with van der Waals surface area (Å²) in [6, 6.07) is 14.1. The summed E-state index contributed by atoms with van der Waals surface area (Å²) in [6.07, 6.45) is 1.75. The molecule has 0 radical (unpaired) electrons. The van der Waals surface area contributed by atoms with Gasteiger partial charge in [0.25, 0.3) is 0 Å². The molecule has 1 amide bonds. The Morgan fingerprint density at radius 3 is 2.39 bits per heavy atom. The zero-order valence-electron chi connectivity index (χ0n) is 17.6. The Balaban J connectivity index is 1.63. The van der Waals surface area contributed by atoms with Crippen molar-refractivity contribution in [2.75, 3.05) is 20.6 Å². The van der Waals surface area contributed by atoms with Crippen LogP contribution in [-0.2, 0) is 16.6 Å². The van der Waals surface area contributed by atoms with Gasteiger partial charge in [0.2, 0.25) is 5.91 Å². The van der Waals surface area contributed by atoms with Crippen LogP contribution in [0.4, 0.5) is 0 Å². The largest absolute Gasteiger partial charge is 0.508 e. The number of aromatic hydroxyl groups is 1. The van der Waals surface area contributed by atoms with Crippen LogP contribution in [0.25, 0.3) is 0 Å². The fraction of sp³-hybridized carbons (Fsp3) is 0.458. The second-order valence-electron chi connectivity index (χ2n) is 8.67. The number of amides is 1. The van der Waals surface area contributed by atoms with Crippen molar-refractivity contribution in [3.8, 4) is 5.75 Å². The van der Waals surface area contributed by atoms with Crippen LogP contribution in [0.3, 0.4) is 0 Å². The molecule has 150 valence electrons. The van der Waals surface area contributed by atoms with Crippen molar-refractivity contribution in [3.63, 3.8) is 0 Å². The van der Waals surface area contributed by atoms with Crippen LogP contribution in [0.1, 0.15) is 35.6 Å². The lowest BCUT2D eigenvalue weighted by molar-refractivity contribution is -0.122. The lowest BCUT2D eigenvalue weighted by atomic mass is 9.94. The van der Waals surface area contributed by atoms with E-state index in [1.807, 2.05) is 58.3 Å². The summed E-state index contributed by atoms with van der Waals surface area (Å²) < 4.78 is 0. The summed E-state index contributed by atoms with van der Waals surface area (Å²) in [7, 11) is 4.10. The SMILES string of the molecule is Cc1cc(O)cc(C)c1C[C@@H](CNC(=O)[C@@H]1C[C@]1(C)c1ccccc1)N(C)C. The Kier molecular flexibility index (Phi) is 5.80. The third-order valence-electron chi connectivity index (χ3n) is 6.35. The molecule has 0 spiro atoms. The summed E-state index contributed by atoms with van der Waals surface area (Å²) in [6.45, 7) is 6.86. The molecule has 0 aliphatic heterocycles. The summed E-state index contributed by atoms with van der Waals surface area (Å²) in [5.41, 5.74) is 4.63. The van der Waals surface area contributed by atoms with Crippen LogP contribution >= 0.6 is 0 Å². The molecule has 1 aliphatic rings. The first-order valence-corrected chi connectivity index (χ1v) is 10.0. The predicted molar refractivity (Wildman–Crippen MR) is 114 cm³/mol. The van der Waals surface area contributed by atoms with E-state index >= 15 is 0 Å². The molecule has 1 fully saturated rings. The highest BCUT2D eigenvalue weighted by Gasteiger charge is 2.55. The molecule has 4 heteroatoms. The average Bonchev–Trinajstić information content (AvgIpc) is 3.34. The highest BCUT2D eigenvalue weighted by atomic mass is 16.3. The van der Waals surface area contributed by atoms with E-state index in [1.165, 1.54) is 11.1 Å². The molecule has 3 atom stereocenters. The molecular formula is C24H32N2O2. The van der Waals surface area contributed by atoms with Gasteiger partial charge >= 0.3 is 0 Å². The second kappa shape index (κ2) is 7.96.